The van der Waals surface area contributed by atoms with Gasteiger partial charge in [0, 0.05) is 25.4 Å². The topological polar surface area (TPSA) is 45.6 Å². The summed E-state index contributed by atoms with van der Waals surface area (Å²) in [7, 11) is 3.59. The van der Waals surface area contributed by atoms with E-state index in [4.69, 9.17) is 16.3 Å². The molecule has 0 fully saturated rings. The largest absolute Gasteiger partial charge is 0.497 e. The van der Waals surface area contributed by atoms with E-state index in [1.807, 2.05) is 36.2 Å². The molecule has 0 spiro atoms. The van der Waals surface area contributed by atoms with Gasteiger partial charge in [-0.05, 0) is 23.8 Å². The monoisotopic (exact) mass is 292 g/mol. The molecule has 20 heavy (non-hydrogen) atoms. The minimum Gasteiger partial charge on any atom is -0.497 e. The van der Waals surface area contributed by atoms with Crippen molar-refractivity contribution in [2.24, 2.45) is 0 Å². The number of pyridine rings is 1. The number of ether oxygens (including phenoxy) is 1. The quantitative estimate of drug-likeness (QED) is 0.920. The number of anilines is 1. The molecule has 0 atom stereocenters. The van der Waals surface area contributed by atoms with E-state index in [0.29, 0.717) is 17.1 Å². The van der Waals surface area contributed by atoms with E-state index in [0.717, 1.165) is 17.1 Å². The molecule has 0 radical (unpaired) electrons. The van der Waals surface area contributed by atoms with Crippen molar-refractivity contribution in [3.8, 4) is 5.75 Å². The third-order valence-corrected chi connectivity index (χ3v) is 3.38. The van der Waals surface area contributed by atoms with Crippen LogP contribution in [0.2, 0.25) is 5.02 Å². The summed E-state index contributed by atoms with van der Waals surface area (Å²) in [4.78, 5) is 6.27. The van der Waals surface area contributed by atoms with Gasteiger partial charge in [-0.2, -0.15) is 0 Å². The van der Waals surface area contributed by atoms with Crippen LogP contribution in [0.5, 0.6) is 5.75 Å². The molecule has 0 saturated heterocycles. The summed E-state index contributed by atoms with van der Waals surface area (Å²) in [6, 6.07) is 9.67. The minimum absolute atomic E-state index is 0.0959. The van der Waals surface area contributed by atoms with Crippen LogP contribution in [0.1, 0.15) is 11.1 Å². The van der Waals surface area contributed by atoms with Crippen LogP contribution >= 0.6 is 11.6 Å². The van der Waals surface area contributed by atoms with E-state index in [1.54, 1.807) is 19.4 Å². The van der Waals surface area contributed by atoms with Crippen molar-refractivity contribution in [3.63, 3.8) is 0 Å². The molecule has 0 aliphatic rings. The van der Waals surface area contributed by atoms with Crippen molar-refractivity contribution in [2.45, 2.75) is 13.2 Å². The first-order valence-corrected chi connectivity index (χ1v) is 6.61. The lowest BCUT2D eigenvalue weighted by Gasteiger charge is -2.19. The maximum atomic E-state index is 9.24. The maximum Gasteiger partial charge on any atom is 0.128 e. The van der Waals surface area contributed by atoms with Crippen LogP contribution in [-0.2, 0) is 13.2 Å². The number of benzene rings is 1. The molecule has 5 heteroatoms. The summed E-state index contributed by atoms with van der Waals surface area (Å²) in [5, 5.41) is 9.71. The lowest BCUT2D eigenvalue weighted by Crippen LogP contribution is -2.18. The lowest BCUT2D eigenvalue weighted by molar-refractivity contribution is 0.282. The molecule has 2 aromatic rings. The van der Waals surface area contributed by atoms with Gasteiger partial charge in [-0.25, -0.2) is 4.98 Å². The number of hydrogen-bond acceptors (Lipinski definition) is 4. The second-order valence-electron chi connectivity index (χ2n) is 4.50. The van der Waals surface area contributed by atoms with Gasteiger partial charge in [-0.15, -0.1) is 0 Å². The Morgan fingerprint density at radius 1 is 1.35 bits per heavy atom. The van der Waals surface area contributed by atoms with Crippen LogP contribution in [0, 0.1) is 0 Å². The van der Waals surface area contributed by atoms with Crippen LogP contribution in [0.4, 0.5) is 5.82 Å². The fourth-order valence-corrected chi connectivity index (χ4v) is 2.09. The molecule has 2 rings (SSSR count). The first kappa shape index (κ1) is 14.6. The maximum absolute atomic E-state index is 9.24. The van der Waals surface area contributed by atoms with Crippen molar-refractivity contribution < 1.29 is 9.84 Å². The summed E-state index contributed by atoms with van der Waals surface area (Å²) in [6.07, 6.45) is 1.56. The number of methoxy groups -OCH3 is 1. The normalized spacial score (nSPS) is 10.4. The molecular weight excluding hydrogens is 276 g/mol. The van der Waals surface area contributed by atoms with Gasteiger partial charge in [0.2, 0.25) is 0 Å². The molecular formula is C15H17ClN2O2. The van der Waals surface area contributed by atoms with E-state index in [9.17, 15) is 5.11 Å². The Hall–Kier alpha value is -1.78. The van der Waals surface area contributed by atoms with E-state index < -0.39 is 0 Å². The zero-order valence-electron chi connectivity index (χ0n) is 11.5. The number of rotatable bonds is 5. The summed E-state index contributed by atoms with van der Waals surface area (Å²) < 4.78 is 5.21. The number of aromatic nitrogens is 1. The number of hydrogen-bond donors (Lipinski definition) is 1. The number of halogens is 1. The average Bonchev–Trinajstić information content (AvgIpc) is 2.47. The van der Waals surface area contributed by atoms with Crippen LogP contribution < -0.4 is 9.64 Å². The number of aliphatic hydroxyl groups is 1. The summed E-state index contributed by atoms with van der Waals surface area (Å²) in [6.45, 7) is 0.595. The SMILES string of the molecule is COc1cccc(CN(C)c2cc(CO)c(Cl)cn2)c1. The van der Waals surface area contributed by atoms with Gasteiger partial charge >= 0.3 is 0 Å². The molecule has 0 saturated carbocycles. The Morgan fingerprint density at radius 2 is 2.15 bits per heavy atom. The zero-order valence-corrected chi connectivity index (χ0v) is 12.3. The lowest BCUT2D eigenvalue weighted by atomic mass is 10.2. The fraction of sp³-hybridized carbons (Fsp3) is 0.267. The standard InChI is InChI=1S/C15H17ClN2O2/c1-18(9-11-4-3-5-13(6-11)20-2)15-7-12(10-19)14(16)8-17-15/h3-8,19H,9-10H2,1-2H3. The van der Waals surface area contributed by atoms with Gasteiger partial charge in [0.15, 0.2) is 0 Å². The highest BCUT2D eigenvalue weighted by Crippen LogP contribution is 2.21. The minimum atomic E-state index is -0.0959. The summed E-state index contributed by atoms with van der Waals surface area (Å²) in [5.41, 5.74) is 1.79. The van der Waals surface area contributed by atoms with Gasteiger partial charge in [0.1, 0.15) is 11.6 Å². The third-order valence-electron chi connectivity index (χ3n) is 3.04. The van der Waals surface area contributed by atoms with E-state index in [1.165, 1.54) is 0 Å². The van der Waals surface area contributed by atoms with Crippen LogP contribution in [0.25, 0.3) is 0 Å². The molecule has 0 aliphatic carbocycles. The van der Waals surface area contributed by atoms with Gasteiger partial charge in [0.25, 0.3) is 0 Å². The molecule has 0 amide bonds. The van der Waals surface area contributed by atoms with Crippen LogP contribution in [0.15, 0.2) is 36.5 Å². The Balaban J connectivity index is 2.16. The van der Waals surface area contributed by atoms with Gasteiger partial charge in [0.05, 0.1) is 18.7 Å². The van der Waals surface area contributed by atoms with Gasteiger partial charge in [-0.1, -0.05) is 23.7 Å². The first-order chi connectivity index (χ1) is 9.63. The molecule has 1 heterocycles. The molecule has 0 unspecified atom stereocenters. The van der Waals surface area contributed by atoms with Crippen molar-refractivity contribution in [2.75, 3.05) is 19.1 Å². The highest BCUT2D eigenvalue weighted by molar-refractivity contribution is 6.31. The smallest absolute Gasteiger partial charge is 0.128 e. The number of aliphatic hydroxyl groups excluding tert-OH is 1. The Bertz CT molecular complexity index is 590. The fourth-order valence-electron chi connectivity index (χ4n) is 1.92. The van der Waals surface area contributed by atoms with Gasteiger partial charge in [-0.3, -0.25) is 0 Å². The van der Waals surface area contributed by atoms with Crippen LogP contribution in [0.3, 0.4) is 0 Å². The summed E-state index contributed by atoms with van der Waals surface area (Å²) >= 11 is 5.94. The Kier molecular flexibility index (Phi) is 4.82. The first-order valence-electron chi connectivity index (χ1n) is 6.23. The highest BCUT2D eigenvalue weighted by atomic mass is 35.5. The van der Waals surface area contributed by atoms with E-state index >= 15 is 0 Å². The van der Waals surface area contributed by atoms with E-state index in [-0.39, 0.29) is 6.61 Å². The van der Waals surface area contributed by atoms with Crippen molar-refractivity contribution in [3.05, 3.63) is 52.7 Å². The molecule has 0 bridgehead atoms. The third kappa shape index (κ3) is 3.40. The molecule has 106 valence electrons. The van der Waals surface area contributed by atoms with Crippen LogP contribution in [-0.4, -0.2) is 24.2 Å². The summed E-state index contributed by atoms with van der Waals surface area (Å²) in [5.74, 6) is 1.59. The number of nitrogens with zero attached hydrogens (tertiary/aromatic N) is 2. The Morgan fingerprint density at radius 3 is 2.85 bits per heavy atom. The predicted molar refractivity (Wildman–Crippen MR) is 80.3 cm³/mol. The van der Waals surface area contributed by atoms with Crippen molar-refractivity contribution in [1.82, 2.24) is 4.98 Å². The molecule has 1 aromatic carbocycles. The highest BCUT2D eigenvalue weighted by Gasteiger charge is 2.08. The van der Waals surface area contributed by atoms with Crippen molar-refractivity contribution in [1.29, 1.82) is 0 Å². The molecule has 1 N–H and O–H groups in total. The average molecular weight is 293 g/mol. The molecule has 0 aliphatic heterocycles. The van der Waals surface area contributed by atoms with Gasteiger partial charge < -0.3 is 14.7 Å². The van der Waals surface area contributed by atoms with Crippen molar-refractivity contribution >= 4 is 17.4 Å². The Labute approximate surface area is 123 Å². The molecule has 4 nitrogen and oxygen atoms in total. The second kappa shape index (κ2) is 6.59. The second-order valence-corrected chi connectivity index (χ2v) is 4.91. The molecule has 1 aromatic heterocycles. The predicted octanol–water partition coefficient (Wildman–Crippen LogP) is 2.87. The van der Waals surface area contributed by atoms with E-state index in [2.05, 4.69) is 4.98 Å². The zero-order chi connectivity index (χ0) is 14.5.